The van der Waals surface area contributed by atoms with Crippen LogP contribution in [0.25, 0.3) is 22.3 Å². The van der Waals surface area contributed by atoms with Crippen molar-refractivity contribution in [1.82, 2.24) is 29.9 Å². The van der Waals surface area contributed by atoms with Crippen molar-refractivity contribution in [1.29, 1.82) is 0 Å². The summed E-state index contributed by atoms with van der Waals surface area (Å²) in [5.74, 6) is 1.17. The van der Waals surface area contributed by atoms with Gasteiger partial charge in [0.05, 0.1) is 5.69 Å². The normalized spacial score (nSPS) is 27.7. The number of fused-ring (bicyclic) bond motifs is 3. The van der Waals surface area contributed by atoms with Crippen molar-refractivity contribution < 1.29 is 5.11 Å². The van der Waals surface area contributed by atoms with Crippen LogP contribution in [0.4, 0.5) is 0 Å². The van der Waals surface area contributed by atoms with Gasteiger partial charge >= 0.3 is 0 Å². The second-order valence-electron chi connectivity index (χ2n) is 13.0. The lowest BCUT2D eigenvalue weighted by atomic mass is 9.85. The Labute approximate surface area is 239 Å². The SMILES string of the molecule is C[C@@H]1c2c([nH]c3nnc(-c4ccccc4O)cc23)CCN1C1CCC(N2CCC(CN3CCCCC3)CC2)CC1. The summed E-state index contributed by atoms with van der Waals surface area (Å²) in [5, 5.41) is 20.5. The van der Waals surface area contributed by atoms with Crippen LogP contribution in [-0.2, 0) is 6.42 Å². The van der Waals surface area contributed by atoms with Gasteiger partial charge in [0.2, 0.25) is 0 Å². The molecule has 40 heavy (non-hydrogen) atoms. The molecule has 0 bridgehead atoms. The molecule has 2 N–H and O–H groups in total. The molecule has 0 radical (unpaired) electrons. The fraction of sp³-hybridized carbons (Fsp3) is 0.636. The van der Waals surface area contributed by atoms with Crippen molar-refractivity contribution in [3.63, 3.8) is 0 Å². The van der Waals surface area contributed by atoms with Crippen molar-refractivity contribution in [2.24, 2.45) is 5.92 Å². The first-order chi connectivity index (χ1) is 19.6. The molecule has 4 aliphatic rings. The Hall–Kier alpha value is -2.48. The third-order valence-corrected chi connectivity index (χ3v) is 10.7. The Morgan fingerprint density at radius 1 is 0.875 bits per heavy atom. The molecule has 5 heterocycles. The van der Waals surface area contributed by atoms with Crippen LogP contribution < -0.4 is 0 Å². The number of H-pyrrole nitrogens is 1. The lowest BCUT2D eigenvalue weighted by molar-refractivity contribution is 0.0483. The Kier molecular flexibility index (Phi) is 7.54. The second kappa shape index (κ2) is 11.4. The van der Waals surface area contributed by atoms with Crippen molar-refractivity contribution >= 4 is 11.0 Å². The average Bonchev–Trinajstić information content (AvgIpc) is 3.37. The van der Waals surface area contributed by atoms with E-state index in [1.165, 1.54) is 102 Å². The van der Waals surface area contributed by atoms with Gasteiger partial charge in [0.25, 0.3) is 0 Å². The van der Waals surface area contributed by atoms with E-state index in [1.807, 2.05) is 18.2 Å². The predicted octanol–water partition coefficient (Wildman–Crippen LogP) is 5.76. The number of nitrogens with one attached hydrogen (secondary N) is 1. The van der Waals surface area contributed by atoms with Crippen LogP contribution in [-0.4, -0.2) is 86.3 Å². The Bertz CT molecular complexity index is 1300. The largest absolute Gasteiger partial charge is 0.507 e. The maximum Gasteiger partial charge on any atom is 0.160 e. The number of likely N-dealkylation sites (tertiary alicyclic amines) is 2. The highest BCUT2D eigenvalue weighted by Crippen LogP contribution is 2.40. The van der Waals surface area contributed by atoms with Crippen LogP contribution in [0.3, 0.4) is 0 Å². The van der Waals surface area contributed by atoms with Crippen LogP contribution in [0.5, 0.6) is 5.75 Å². The third kappa shape index (κ3) is 5.17. The molecular weight excluding hydrogens is 496 g/mol. The fourth-order valence-corrected chi connectivity index (χ4v) is 8.42. The summed E-state index contributed by atoms with van der Waals surface area (Å²) in [7, 11) is 0. The highest BCUT2D eigenvalue weighted by molar-refractivity contribution is 5.86. The molecule has 214 valence electrons. The summed E-state index contributed by atoms with van der Waals surface area (Å²) in [6.07, 6.45) is 13.4. The van der Waals surface area contributed by atoms with Gasteiger partial charge in [-0.3, -0.25) is 4.90 Å². The smallest absolute Gasteiger partial charge is 0.160 e. The molecule has 1 aromatic carbocycles. The van der Waals surface area contributed by atoms with Crippen molar-refractivity contribution in [2.45, 2.75) is 89.3 Å². The lowest BCUT2D eigenvalue weighted by Crippen LogP contribution is -2.49. The molecule has 2 saturated heterocycles. The van der Waals surface area contributed by atoms with Crippen molar-refractivity contribution in [3.8, 4) is 17.0 Å². The number of nitrogens with zero attached hydrogens (tertiary/aromatic N) is 5. The molecule has 0 amide bonds. The number of aromatic hydroxyl groups is 1. The van der Waals surface area contributed by atoms with E-state index in [4.69, 9.17) is 0 Å². The molecule has 7 heteroatoms. The lowest BCUT2D eigenvalue weighted by Gasteiger charge is -2.46. The second-order valence-corrected chi connectivity index (χ2v) is 13.0. The molecule has 7 rings (SSSR count). The highest BCUT2D eigenvalue weighted by atomic mass is 16.3. The number of benzene rings is 1. The number of aromatic amines is 1. The van der Waals surface area contributed by atoms with Crippen molar-refractivity contribution in [3.05, 3.63) is 41.6 Å². The highest BCUT2D eigenvalue weighted by Gasteiger charge is 2.36. The molecule has 0 spiro atoms. The van der Waals surface area contributed by atoms with Crippen LogP contribution in [0.15, 0.2) is 30.3 Å². The molecule has 3 aliphatic heterocycles. The van der Waals surface area contributed by atoms with Crippen LogP contribution >= 0.6 is 0 Å². The first-order valence-corrected chi connectivity index (χ1v) is 16.0. The summed E-state index contributed by atoms with van der Waals surface area (Å²) in [6.45, 7) is 10.1. The first kappa shape index (κ1) is 26.4. The van der Waals surface area contributed by atoms with Gasteiger partial charge in [-0.1, -0.05) is 18.6 Å². The minimum atomic E-state index is 0.248. The van der Waals surface area contributed by atoms with Crippen molar-refractivity contribution in [2.75, 3.05) is 39.3 Å². The summed E-state index contributed by atoms with van der Waals surface area (Å²) in [6, 6.07) is 11.3. The van der Waals surface area contributed by atoms with Crippen LogP contribution in [0.1, 0.15) is 82.0 Å². The van der Waals surface area contributed by atoms with E-state index in [2.05, 4.69) is 42.9 Å². The molecule has 1 atom stereocenters. The number of aromatic nitrogens is 3. The quantitative estimate of drug-likeness (QED) is 0.427. The Morgan fingerprint density at radius 3 is 2.40 bits per heavy atom. The number of phenolic OH excluding ortho intramolecular Hbond substituents is 1. The van der Waals surface area contributed by atoms with Gasteiger partial charge in [-0.25, -0.2) is 0 Å². The fourth-order valence-electron chi connectivity index (χ4n) is 8.42. The van der Waals surface area contributed by atoms with E-state index in [0.29, 0.717) is 12.1 Å². The maximum absolute atomic E-state index is 10.4. The molecule has 1 aliphatic carbocycles. The van der Waals surface area contributed by atoms with Gasteiger partial charge in [-0.05, 0) is 114 Å². The number of para-hydroxylation sites is 1. The van der Waals surface area contributed by atoms with Gasteiger partial charge in [0, 0.05) is 54.3 Å². The number of piperidine rings is 2. The van der Waals surface area contributed by atoms with Gasteiger partial charge in [-0.15, -0.1) is 10.2 Å². The predicted molar refractivity (Wildman–Crippen MR) is 160 cm³/mol. The third-order valence-electron chi connectivity index (χ3n) is 10.7. The molecule has 0 unspecified atom stereocenters. The van der Waals surface area contributed by atoms with Gasteiger partial charge in [0.1, 0.15) is 5.75 Å². The van der Waals surface area contributed by atoms with E-state index in [0.717, 1.165) is 47.2 Å². The molecule has 2 aromatic heterocycles. The summed E-state index contributed by atoms with van der Waals surface area (Å²) < 4.78 is 0. The van der Waals surface area contributed by atoms with Gasteiger partial charge in [-0.2, -0.15) is 0 Å². The zero-order valence-corrected chi connectivity index (χ0v) is 24.2. The standard InChI is InChI=1S/C33H46N6O/c1-23-32-28-21-30(27-7-3-4-8-31(27)40)35-36-33(28)34-29(32)15-20-39(23)26-11-9-25(10-12-26)38-18-13-24(14-19-38)22-37-16-5-2-6-17-37/h3-4,7-8,21,23-26,40H,2,5-6,9-20,22H2,1H3,(H,34,36)/t23-,25?,26?/m1/s1. The molecular formula is C33H46N6O. The topological polar surface area (TPSA) is 71.5 Å². The van der Waals surface area contributed by atoms with Gasteiger partial charge in [0.15, 0.2) is 5.65 Å². The number of phenols is 1. The van der Waals surface area contributed by atoms with Crippen LogP contribution in [0.2, 0.25) is 0 Å². The zero-order valence-electron chi connectivity index (χ0n) is 24.2. The molecule has 7 nitrogen and oxygen atoms in total. The molecule has 1 saturated carbocycles. The average molecular weight is 543 g/mol. The number of rotatable bonds is 5. The number of hydrogen-bond donors (Lipinski definition) is 2. The minimum Gasteiger partial charge on any atom is -0.507 e. The molecule has 3 fully saturated rings. The summed E-state index contributed by atoms with van der Waals surface area (Å²) in [4.78, 5) is 11.9. The minimum absolute atomic E-state index is 0.248. The first-order valence-electron chi connectivity index (χ1n) is 16.0. The van der Waals surface area contributed by atoms with E-state index in [1.54, 1.807) is 6.07 Å². The molecule has 3 aromatic rings. The monoisotopic (exact) mass is 542 g/mol. The summed E-state index contributed by atoms with van der Waals surface area (Å²) in [5.41, 5.74) is 5.03. The Morgan fingerprint density at radius 2 is 1.62 bits per heavy atom. The summed E-state index contributed by atoms with van der Waals surface area (Å²) >= 11 is 0. The zero-order chi connectivity index (χ0) is 27.1. The maximum atomic E-state index is 10.4. The van der Waals surface area contributed by atoms with E-state index >= 15 is 0 Å². The number of hydrogen-bond acceptors (Lipinski definition) is 6. The van der Waals surface area contributed by atoms with E-state index < -0.39 is 0 Å². The van der Waals surface area contributed by atoms with Gasteiger partial charge < -0.3 is 19.9 Å². The van der Waals surface area contributed by atoms with E-state index in [-0.39, 0.29) is 5.75 Å². The Balaban J connectivity index is 0.981. The van der Waals surface area contributed by atoms with Crippen LogP contribution in [0, 0.1) is 5.92 Å². The van der Waals surface area contributed by atoms with E-state index in [9.17, 15) is 5.11 Å².